The second kappa shape index (κ2) is 7.24. The van der Waals surface area contributed by atoms with E-state index in [4.69, 9.17) is 10.00 Å². The Labute approximate surface area is 108 Å². The van der Waals surface area contributed by atoms with Gasteiger partial charge < -0.3 is 9.47 Å². The Balaban J connectivity index is 2.90. The van der Waals surface area contributed by atoms with Crippen LogP contribution in [-0.4, -0.2) is 26.3 Å². The zero-order valence-electron chi connectivity index (χ0n) is 10.2. The molecule has 6 heteroatoms. The monoisotopic (exact) mass is 267 g/mol. The number of hydrogen-bond donors (Lipinski definition) is 0. The minimum atomic E-state index is -0.914. The van der Waals surface area contributed by atoms with E-state index in [0.717, 1.165) is 24.3 Å². The Morgan fingerprint density at radius 2 is 2.16 bits per heavy atom. The number of carbonyl (C=O) groups is 1. The topological polar surface area (TPSA) is 59.3 Å². The number of benzene rings is 1. The first-order valence-electron chi connectivity index (χ1n) is 5.31. The average Bonchev–Trinajstić information content (AvgIpc) is 2.39. The van der Waals surface area contributed by atoms with Gasteiger partial charge in [0.05, 0.1) is 6.61 Å². The highest BCUT2D eigenvalue weighted by atomic mass is 19.1. The van der Waals surface area contributed by atoms with Gasteiger partial charge in [0.2, 0.25) is 0 Å². The summed E-state index contributed by atoms with van der Waals surface area (Å²) >= 11 is 0. The highest BCUT2D eigenvalue weighted by molar-refractivity contribution is 5.97. The third-order valence-corrected chi connectivity index (χ3v) is 2.12. The van der Waals surface area contributed by atoms with Crippen LogP contribution in [0.25, 0.3) is 6.08 Å². The summed E-state index contributed by atoms with van der Waals surface area (Å²) in [7, 11) is 1.43. The fraction of sp³-hybridized carbons (Fsp3) is 0.231. The van der Waals surface area contributed by atoms with E-state index in [2.05, 4.69) is 4.74 Å². The Morgan fingerprint density at radius 3 is 2.79 bits per heavy atom. The molecule has 0 heterocycles. The summed E-state index contributed by atoms with van der Waals surface area (Å²) in [5, 5.41) is 8.81. The lowest BCUT2D eigenvalue weighted by Crippen LogP contribution is -2.11. The normalized spacial score (nSPS) is 10.9. The standard InChI is InChI=1S/C13H11F2NO3/c1-18-4-5-19-13(17)10(8-16)6-9-7-11(14)2-3-12(9)15/h2-3,6-7H,4-5H2,1H3. The Morgan fingerprint density at radius 1 is 1.42 bits per heavy atom. The van der Waals surface area contributed by atoms with Gasteiger partial charge in [0.25, 0.3) is 0 Å². The van der Waals surface area contributed by atoms with E-state index in [1.807, 2.05) is 0 Å². The summed E-state index contributed by atoms with van der Waals surface area (Å²) in [5.74, 6) is -2.32. The highest BCUT2D eigenvalue weighted by Crippen LogP contribution is 2.14. The fourth-order valence-electron chi connectivity index (χ4n) is 1.21. The summed E-state index contributed by atoms with van der Waals surface area (Å²) in [6.07, 6.45) is 0.938. The molecule has 0 aliphatic heterocycles. The molecule has 4 nitrogen and oxygen atoms in total. The third kappa shape index (κ3) is 4.48. The first-order chi connectivity index (χ1) is 9.08. The van der Waals surface area contributed by atoms with Gasteiger partial charge in [-0.15, -0.1) is 0 Å². The Bertz CT molecular complexity index is 535. The van der Waals surface area contributed by atoms with Crippen molar-refractivity contribution in [1.29, 1.82) is 5.26 Å². The van der Waals surface area contributed by atoms with Gasteiger partial charge in [-0.25, -0.2) is 13.6 Å². The first kappa shape index (κ1) is 14.8. The number of methoxy groups -OCH3 is 1. The maximum absolute atomic E-state index is 13.3. The van der Waals surface area contributed by atoms with Crippen LogP contribution < -0.4 is 0 Å². The molecular formula is C13H11F2NO3. The molecule has 0 radical (unpaired) electrons. The summed E-state index contributed by atoms with van der Waals surface area (Å²) in [6.45, 7) is 0.152. The SMILES string of the molecule is COCCOC(=O)C(C#N)=Cc1cc(F)ccc1F. The van der Waals surface area contributed by atoms with E-state index in [1.54, 1.807) is 6.07 Å². The van der Waals surface area contributed by atoms with Crippen LogP contribution >= 0.6 is 0 Å². The second-order valence-corrected chi connectivity index (χ2v) is 3.46. The van der Waals surface area contributed by atoms with Crippen LogP contribution in [0.2, 0.25) is 0 Å². The van der Waals surface area contributed by atoms with Gasteiger partial charge in [-0.1, -0.05) is 0 Å². The maximum atomic E-state index is 13.3. The van der Waals surface area contributed by atoms with E-state index in [-0.39, 0.29) is 18.8 Å². The Kier molecular flexibility index (Phi) is 5.64. The molecule has 1 aromatic rings. The van der Waals surface area contributed by atoms with Crippen molar-refractivity contribution < 1.29 is 23.0 Å². The van der Waals surface area contributed by atoms with Crippen LogP contribution in [0, 0.1) is 23.0 Å². The summed E-state index contributed by atoms with van der Waals surface area (Å²) in [4.78, 5) is 11.5. The van der Waals surface area contributed by atoms with Gasteiger partial charge in [-0.05, 0) is 24.3 Å². The molecule has 0 amide bonds. The lowest BCUT2D eigenvalue weighted by atomic mass is 10.1. The zero-order chi connectivity index (χ0) is 14.3. The lowest BCUT2D eigenvalue weighted by Gasteiger charge is -2.03. The quantitative estimate of drug-likeness (QED) is 0.354. The number of nitriles is 1. The van der Waals surface area contributed by atoms with E-state index in [9.17, 15) is 13.6 Å². The molecule has 19 heavy (non-hydrogen) atoms. The summed E-state index contributed by atoms with van der Waals surface area (Å²) in [5.41, 5.74) is -0.610. The van der Waals surface area contributed by atoms with Crippen molar-refractivity contribution in [2.45, 2.75) is 0 Å². The third-order valence-electron chi connectivity index (χ3n) is 2.12. The van der Waals surface area contributed by atoms with Crippen LogP contribution in [0.4, 0.5) is 8.78 Å². The van der Waals surface area contributed by atoms with E-state index < -0.39 is 23.2 Å². The Hall–Kier alpha value is -2.26. The molecule has 100 valence electrons. The predicted octanol–water partition coefficient (Wildman–Crippen LogP) is 2.06. The van der Waals surface area contributed by atoms with E-state index >= 15 is 0 Å². The highest BCUT2D eigenvalue weighted by Gasteiger charge is 2.12. The van der Waals surface area contributed by atoms with E-state index in [1.165, 1.54) is 7.11 Å². The molecule has 0 spiro atoms. The maximum Gasteiger partial charge on any atom is 0.348 e. The summed E-state index contributed by atoms with van der Waals surface area (Å²) < 4.78 is 35.7. The molecule has 0 saturated carbocycles. The number of nitrogens with zero attached hydrogens (tertiary/aromatic N) is 1. The van der Waals surface area contributed by atoms with Gasteiger partial charge in [0.1, 0.15) is 29.9 Å². The van der Waals surface area contributed by atoms with Crippen LogP contribution in [0.5, 0.6) is 0 Å². The molecule has 0 saturated heterocycles. The number of carbonyl (C=O) groups excluding carboxylic acids is 1. The molecule has 0 atom stereocenters. The van der Waals surface area contributed by atoms with Crippen molar-refractivity contribution in [1.82, 2.24) is 0 Å². The first-order valence-corrected chi connectivity index (χ1v) is 5.31. The van der Waals surface area contributed by atoms with Crippen LogP contribution in [0.1, 0.15) is 5.56 Å². The second-order valence-electron chi connectivity index (χ2n) is 3.46. The molecule has 0 N–H and O–H groups in total. The molecule has 0 aromatic heterocycles. The largest absolute Gasteiger partial charge is 0.459 e. The molecule has 0 aliphatic rings. The average molecular weight is 267 g/mol. The number of halogens is 2. The van der Waals surface area contributed by atoms with Gasteiger partial charge in [-0.2, -0.15) is 5.26 Å². The predicted molar refractivity (Wildman–Crippen MR) is 62.8 cm³/mol. The number of rotatable bonds is 5. The zero-order valence-corrected chi connectivity index (χ0v) is 10.2. The molecule has 0 bridgehead atoms. The molecule has 0 fully saturated rings. The minimum absolute atomic E-state index is 0.0278. The van der Waals surface area contributed by atoms with Crippen molar-refractivity contribution in [2.24, 2.45) is 0 Å². The minimum Gasteiger partial charge on any atom is -0.459 e. The van der Waals surface area contributed by atoms with Gasteiger partial charge in [0, 0.05) is 12.7 Å². The van der Waals surface area contributed by atoms with Crippen molar-refractivity contribution >= 4 is 12.0 Å². The molecule has 1 rings (SSSR count). The number of hydrogen-bond acceptors (Lipinski definition) is 4. The fourth-order valence-corrected chi connectivity index (χ4v) is 1.21. The molecular weight excluding hydrogens is 256 g/mol. The van der Waals surface area contributed by atoms with Crippen LogP contribution in [0.3, 0.4) is 0 Å². The number of esters is 1. The van der Waals surface area contributed by atoms with Crippen molar-refractivity contribution in [2.75, 3.05) is 20.3 Å². The van der Waals surface area contributed by atoms with Crippen molar-refractivity contribution in [3.8, 4) is 6.07 Å². The number of ether oxygens (including phenoxy) is 2. The van der Waals surface area contributed by atoms with Crippen molar-refractivity contribution in [3.05, 3.63) is 41.0 Å². The molecule has 1 aromatic carbocycles. The van der Waals surface area contributed by atoms with Gasteiger partial charge in [-0.3, -0.25) is 0 Å². The molecule has 0 unspecified atom stereocenters. The van der Waals surface area contributed by atoms with Crippen LogP contribution in [-0.2, 0) is 14.3 Å². The lowest BCUT2D eigenvalue weighted by molar-refractivity contribution is -0.139. The smallest absolute Gasteiger partial charge is 0.348 e. The molecule has 0 aliphatic carbocycles. The van der Waals surface area contributed by atoms with Gasteiger partial charge in [0.15, 0.2) is 0 Å². The summed E-state index contributed by atoms with van der Waals surface area (Å²) in [6, 6.07) is 4.31. The van der Waals surface area contributed by atoms with Gasteiger partial charge >= 0.3 is 5.97 Å². The van der Waals surface area contributed by atoms with Crippen molar-refractivity contribution in [3.63, 3.8) is 0 Å². The van der Waals surface area contributed by atoms with Crippen LogP contribution in [0.15, 0.2) is 23.8 Å². The van der Waals surface area contributed by atoms with E-state index in [0.29, 0.717) is 0 Å².